The van der Waals surface area contributed by atoms with Gasteiger partial charge in [-0.15, -0.1) is 11.8 Å². The molecule has 1 heterocycles. The molecule has 0 N–H and O–H groups in total. The Hall–Kier alpha value is -1.23. The quantitative estimate of drug-likeness (QED) is 0.392. The summed E-state index contributed by atoms with van der Waals surface area (Å²) in [5.74, 6) is 7.61. The third-order valence-electron chi connectivity index (χ3n) is 3.50. The van der Waals surface area contributed by atoms with Crippen LogP contribution in [-0.4, -0.2) is 5.16 Å². The van der Waals surface area contributed by atoms with Crippen LogP contribution in [-0.2, 0) is 6.42 Å². The topological polar surface area (TPSA) is 26.0 Å². The van der Waals surface area contributed by atoms with Gasteiger partial charge in [-0.05, 0) is 19.3 Å². The molecule has 0 saturated carbocycles. The molecule has 1 aromatic rings. The Labute approximate surface area is 124 Å². The maximum Gasteiger partial charge on any atom is 0.136 e. The fourth-order valence-electron chi connectivity index (χ4n) is 2.23. The van der Waals surface area contributed by atoms with E-state index in [4.69, 9.17) is 4.52 Å². The average Bonchev–Trinajstić information content (AvgIpc) is 2.97. The van der Waals surface area contributed by atoms with Crippen LogP contribution in [0.15, 0.2) is 16.8 Å². The Bertz CT molecular complexity index is 359. The van der Waals surface area contributed by atoms with Crippen molar-refractivity contribution in [2.24, 2.45) is 0 Å². The molecular formula is C18H29NO. The number of aryl methyl sites for hydroxylation is 1. The first kappa shape index (κ1) is 16.8. The molecule has 0 saturated heterocycles. The number of rotatable bonds is 11. The average molecular weight is 275 g/mol. The first-order chi connectivity index (χ1) is 9.93. The van der Waals surface area contributed by atoms with Gasteiger partial charge in [-0.1, -0.05) is 50.6 Å². The van der Waals surface area contributed by atoms with E-state index in [1.54, 1.807) is 6.20 Å². The number of unbranched alkanes of at least 4 members (excludes halogenated alkanes) is 9. The molecule has 112 valence electrons. The summed E-state index contributed by atoms with van der Waals surface area (Å²) in [5, 5.41) is 3.71. The zero-order valence-electron chi connectivity index (χ0n) is 13.0. The van der Waals surface area contributed by atoms with Crippen LogP contribution in [0.3, 0.4) is 0 Å². The Kier molecular flexibility index (Phi) is 10.8. The lowest BCUT2D eigenvalue weighted by atomic mass is 10.1. The largest absolute Gasteiger partial charge is 0.361 e. The predicted molar refractivity (Wildman–Crippen MR) is 84.4 cm³/mol. The van der Waals surface area contributed by atoms with Crippen LogP contribution in [0.5, 0.6) is 0 Å². The zero-order chi connectivity index (χ0) is 14.3. The second-order valence-electron chi connectivity index (χ2n) is 5.41. The van der Waals surface area contributed by atoms with Crippen molar-refractivity contribution in [3.05, 3.63) is 18.0 Å². The number of aromatic nitrogens is 1. The number of hydrogen-bond donors (Lipinski definition) is 0. The summed E-state index contributed by atoms with van der Waals surface area (Å²) in [6.07, 6.45) is 16.6. The molecule has 0 bridgehead atoms. The van der Waals surface area contributed by atoms with Gasteiger partial charge in [-0.2, -0.15) is 0 Å². The van der Waals surface area contributed by atoms with Gasteiger partial charge < -0.3 is 4.52 Å². The molecule has 0 aliphatic carbocycles. The SMILES string of the molecule is CCCCCCC#CCCCCCCCc1ccno1. The molecule has 0 aliphatic heterocycles. The van der Waals surface area contributed by atoms with E-state index >= 15 is 0 Å². The van der Waals surface area contributed by atoms with E-state index in [-0.39, 0.29) is 0 Å². The second-order valence-corrected chi connectivity index (χ2v) is 5.41. The molecule has 0 amide bonds. The van der Waals surface area contributed by atoms with E-state index in [1.807, 2.05) is 6.07 Å². The van der Waals surface area contributed by atoms with Crippen LogP contribution >= 0.6 is 0 Å². The van der Waals surface area contributed by atoms with E-state index < -0.39 is 0 Å². The van der Waals surface area contributed by atoms with Crippen molar-refractivity contribution >= 4 is 0 Å². The highest BCUT2D eigenvalue weighted by atomic mass is 16.5. The highest BCUT2D eigenvalue weighted by Gasteiger charge is 1.96. The summed E-state index contributed by atoms with van der Waals surface area (Å²) in [7, 11) is 0. The highest BCUT2D eigenvalue weighted by Crippen LogP contribution is 2.09. The van der Waals surface area contributed by atoms with Gasteiger partial charge in [-0.3, -0.25) is 0 Å². The fourth-order valence-corrected chi connectivity index (χ4v) is 2.23. The molecule has 0 radical (unpaired) electrons. The number of nitrogens with zero attached hydrogens (tertiary/aromatic N) is 1. The third kappa shape index (κ3) is 9.67. The van der Waals surface area contributed by atoms with Crippen LogP contribution in [0.25, 0.3) is 0 Å². The predicted octanol–water partition coefficient (Wildman–Crippen LogP) is 5.53. The summed E-state index contributed by atoms with van der Waals surface area (Å²) in [4.78, 5) is 0. The third-order valence-corrected chi connectivity index (χ3v) is 3.50. The summed E-state index contributed by atoms with van der Waals surface area (Å²) in [5.41, 5.74) is 0. The standard InChI is InChI=1S/C18H29NO/c1-2-3-4-5-6-7-8-9-10-11-12-13-14-15-18-16-17-19-20-18/h16-17H,2-6,9-15H2,1H3. The van der Waals surface area contributed by atoms with Gasteiger partial charge in [0.25, 0.3) is 0 Å². The Balaban J connectivity index is 1.79. The Morgan fingerprint density at radius 3 is 2.20 bits per heavy atom. The lowest BCUT2D eigenvalue weighted by Crippen LogP contribution is -1.83. The molecule has 2 heteroatoms. The Morgan fingerprint density at radius 2 is 1.55 bits per heavy atom. The fraction of sp³-hybridized carbons (Fsp3) is 0.722. The number of hydrogen-bond acceptors (Lipinski definition) is 2. The van der Waals surface area contributed by atoms with E-state index in [1.165, 1.54) is 57.8 Å². The summed E-state index contributed by atoms with van der Waals surface area (Å²) >= 11 is 0. The minimum absolute atomic E-state index is 1.01. The minimum Gasteiger partial charge on any atom is -0.361 e. The highest BCUT2D eigenvalue weighted by molar-refractivity contribution is 4.98. The van der Waals surface area contributed by atoms with Crippen LogP contribution in [0.4, 0.5) is 0 Å². The smallest absolute Gasteiger partial charge is 0.136 e. The van der Waals surface area contributed by atoms with Crippen LogP contribution < -0.4 is 0 Å². The van der Waals surface area contributed by atoms with Crippen molar-refractivity contribution in [2.75, 3.05) is 0 Å². The molecule has 0 fully saturated rings. The van der Waals surface area contributed by atoms with Crippen LogP contribution in [0.1, 0.15) is 83.3 Å². The lowest BCUT2D eigenvalue weighted by molar-refractivity contribution is 0.378. The van der Waals surface area contributed by atoms with Gasteiger partial charge in [0.1, 0.15) is 5.76 Å². The maximum absolute atomic E-state index is 5.07. The molecule has 0 spiro atoms. The normalized spacial score (nSPS) is 10.2. The van der Waals surface area contributed by atoms with Crippen molar-refractivity contribution < 1.29 is 4.52 Å². The molecule has 1 aromatic heterocycles. The monoisotopic (exact) mass is 275 g/mol. The van der Waals surface area contributed by atoms with Crippen molar-refractivity contribution in [3.8, 4) is 11.8 Å². The van der Waals surface area contributed by atoms with Crippen molar-refractivity contribution in [1.29, 1.82) is 0 Å². The van der Waals surface area contributed by atoms with Gasteiger partial charge in [0.05, 0.1) is 6.20 Å². The molecule has 20 heavy (non-hydrogen) atoms. The van der Waals surface area contributed by atoms with Gasteiger partial charge in [0.2, 0.25) is 0 Å². The molecule has 1 rings (SSSR count). The first-order valence-electron chi connectivity index (χ1n) is 8.28. The zero-order valence-corrected chi connectivity index (χ0v) is 13.0. The van der Waals surface area contributed by atoms with Crippen LogP contribution in [0, 0.1) is 11.8 Å². The van der Waals surface area contributed by atoms with E-state index in [2.05, 4.69) is 23.9 Å². The lowest BCUT2D eigenvalue weighted by Gasteiger charge is -1.98. The van der Waals surface area contributed by atoms with Crippen molar-refractivity contribution in [1.82, 2.24) is 5.16 Å². The Morgan fingerprint density at radius 1 is 0.900 bits per heavy atom. The van der Waals surface area contributed by atoms with Crippen molar-refractivity contribution in [2.45, 2.75) is 84.0 Å². The van der Waals surface area contributed by atoms with Gasteiger partial charge >= 0.3 is 0 Å². The van der Waals surface area contributed by atoms with E-state index in [0.717, 1.165) is 25.0 Å². The summed E-state index contributed by atoms with van der Waals surface area (Å²) < 4.78 is 5.07. The van der Waals surface area contributed by atoms with Gasteiger partial charge in [0, 0.05) is 25.3 Å². The first-order valence-corrected chi connectivity index (χ1v) is 8.28. The molecule has 0 unspecified atom stereocenters. The molecular weight excluding hydrogens is 246 g/mol. The molecule has 2 nitrogen and oxygen atoms in total. The van der Waals surface area contributed by atoms with Gasteiger partial charge in [0.15, 0.2) is 0 Å². The van der Waals surface area contributed by atoms with E-state index in [9.17, 15) is 0 Å². The molecule has 0 aromatic carbocycles. The van der Waals surface area contributed by atoms with E-state index in [0.29, 0.717) is 0 Å². The molecule has 0 atom stereocenters. The van der Waals surface area contributed by atoms with Crippen LogP contribution in [0.2, 0.25) is 0 Å². The molecule has 0 aliphatic rings. The van der Waals surface area contributed by atoms with Crippen molar-refractivity contribution in [3.63, 3.8) is 0 Å². The second kappa shape index (κ2) is 12.8. The maximum atomic E-state index is 5.07. The van der Waals surface area contributed by atoms with Gasteiger partial charge in [-0.25, -0.2) is 0 Å². The summed E-state index contributed by atoms with van der Waals surface area (Å²) in [6, 6.07) is 1.95. The minimum atomic E-state index is 1.01. The summed E-state index contributed by atoms with van der Waals surface area (Å²) in [6.45, 7) is 2.25.